The fraction of sp³-hybridized carbons (Fsp3) is 0.222. The summed E-state index contributed by atoms with van der Waals surface area (Å²) < 4.78 is 34.7. The van der Waals surface area contributed by atoms with Crippen LogP contribution in [0.2, 0.25) is 0 Å². The van der Waals surface area contributed by atoms with Crippen LogP contribution in [0.3, 0.4) is 0 Å². The van der Waals surface area contributed by atoms with E-state index in [9.17, 15) is 8.42 Å². The molecule has 3 aromatic rings. The van der Waals surface area contributed by atoms with E-state index in [1.54, 1.807) is 31.4 Å². The fourth-order valence-corrected chi connectivity index (χ4v) is 3.44. The second-order valence-corrected chi connectivity index (χ2v) is 7.18. The Labute approximate surface area is 141 Å². The zero-order valence-electron chi connectivity index (χ0n) is 13.6. The molecule has 0 spiro atoms. The van der Waals surface area contributed by atoms with E-state index in [-0.39, 0.29) is 11.5 Å². The fourth-order valence-electron chi connectivity index (χ4n) is 2.53. The smallest absolute Gasteiger partial charge is 0.296 e. The maximum absolute atomic E-state index is 12.2. The van der Waals surface area contributed by atoms with Gasteiger partial charge in [-0.3, -0.25) is 4.18 Å². The predicted molar refractivity (Wildman–Crippen MR) is 92.9 cm³/mol. The number of aryl methyl sites for hydroxylation is 1. The highest BCUT2D eigenvalue weighted by molar-refractivity contribution is 7.86. The minimum atomic E-state index is -3.72. The number of ether oxygens (including phenoxy) is 1. The molecule has 126 valence electrons. The SMILES string of the molecule is COc1ccc2c(CCOS(=O)(=O)c3ccc(C)cc3)c[nH]c2c1. The van der Waals surface area contributed by atoms with Crippen LogP contribution < -0.4 is 4.74 Å². The van der Waals surface area contributed by atoms with Gasteiger partial charge in [-0.15, -0.1) is 0 Å². The molecule has 0 atom stereocenters. The number of rotatable bonds is 6. The molecule has 0 aliphatic heterocycles. The molecular formula is C18H19NO4S. The van der Waals surface area contributed by atoms with Gasteiger partial charge in [-0.25, -0.2) is 0 Å². The molecule has 1 N–H and O–H groups in total. The second kappa shape index (κ2) is 6.67. The van der Waals surface area contributed by atoms with Crippen LogP contribution in [-0.4, -0.2) is 27.1 Å². The topological polar surface area (TPSA) is 68.4 Å². The maximum Gasteiger partial charge on any atom is 0.296 e. The molecule has 0 radical (unpaired) electrons. The largest absolute Gasteiger partial charge is 0.497 e. The van der Waals surface area contributed by atoms with Gasteiger partial charge in [0.25, 0.3) is 10.1 Å². The van der Waals surface area contributed by atoms with Crippen molar-refractivity contribution in [2.45, 2.75) is 18.2 Å². The van der Waals surface area contributed by atoms with Crippen LogP contribution in [0.25, 0.3) is 10.9 Å². The van der Waals surface area contributed by atoms with E-state index in [0.717, 1.165) is 27.8 Å². The summed E-state index contributed by atoms with van der Waals surface area (Å²) in [4.78, 5) is 3.34. The summed E-state index contributed by atoms with van der Waals surface area (Å²) in [5, 5.41) is 1.03. The standard InChI is InChI=1S/C18H19NO4S/c1-13-3-6-16(7-4-13)24(20,21)23-10-9-14-12-19-18-11-15(22-2)5-8-17(14)18/h3-8,11-12,19H,9-10H2,1-2H3. The maximum atomic E-state index is 12.2. The number of H-pyrrole nitrogens is 1. The highest BCUT2D eigenvalue weighted by Crippen LogP contribution is 2.24. The van der Waals surface area contributed by atoms with Crippen molar-refractivity contribution >= 4 is 21.0 Å². The van der Waals surface area contributed by atoms with Crippen molar-refractivity contribution < 1.29 is 17.3 Å². The zero-order valence-corrected chi connectivity index (χ0v) is 14.4. The van der Waals surface area contributed by atoms with Crippen LogP contribution in [0.15, 0.2) is 53.6 Å². The molecule has 0 fully saturated rings. The van der Waals surface area contributed by atoms with Crippen molar-refractivity contribution in [2.75, 3.05) is 13.7 Å². The van der Waals surface area contributed by atoms with Crippen LogP contribution in [0.1, 0.15) is 11.1 Å². The summed E-state index contributed by atoms with van der Waals surface area (Å²) in [6, 6.07) is 12.4. The lowest BCUT2D eigenvalue weighted by atomic mass is 10.1. The molecule has 0 aliphatic carbocycles. The first-order valence-corrected chi connectivity index (χ1v) is 9.00. The second-order valence-electron chi connectivity index (χ2n) is 5.56. The number of fused-ring (bicyclic) bond motifs is 1. The third-order valence-corrected chi connectivity index (χ3v) is 5.22. The quantitative estimate of drug-likeness (QED) is 0.695. The Kier molecular flexibility index (Phi) is 4.59. The van der Waals surface area contributed by atoms with E-state index in [1.807, 2.05) is 31.3 Å². The van der Waals surface area contributed by atoms with Gasteiger partial charge in [-0.2, -0.15) is 8.42 Å². The average Bonchev–Trinajstić information content (AvgIpc) is 2.97. The van der Waals surface area contributed by atoms with E-state index in [4.69, 9.17) is 8.92 Å². The number of aromatic nitrogens is 1. The molecule has 1 aromatic heterocycles. The number of aromatic amines is 1. The minimum Gasteiger partial charge on any atom is -0.497 e. The molecule has 5 nitrogen and oxygen atoms in total. The van der Waals surface area contributed by atoms with E-state index in [0.29, 0.717) is 6.42 Å². The Balaban J connectivity index is 1.69. The zero-order chi connectivity index (χ0) is 17.2. The molecule has 2 aromatic carbocycles. The van der Waals surface area contributed by atoms with Gasteiger partial charge in [0.2, 0.25) is 0 Å². The van der Waals surface area contributed by atoms with Gasteiger partial charge in [-0.1, -0.05) is 17.7 Å². The molecule has 3 rings (SSSR count). The van der Waals surface area contributed by atoms with E-state index < -0.39 is 10.1 Å². The number of nitrogens with one attached hydrogen (secondary N) is 1. The summed E-state index contributed by atoms with van der Waals surface area (Å²) in [7, 11) is -2.10. The summed E-state index contributed by atoms with van der Waals surface area (Å²) in [6.45, 7) is 2.00. The Morgan fingerprint density at radius 1 is 1.08 bits per heavy atom. The Bertz CT molecular complexity index is 943. The molecule has 0 saturated heterocycles. The first-order chi connectivity index (χ1) is 11.5. The average molecular weight is 345 g/mol. The van der Waals surface area contributed by atoms with Crippen LogP contribution in [0.4, 0.5) is 0 Å². The Morgan fingerprint density at radius 2 is 1.83 bits per heavy atom. The first kappa shape index (κ1) is 16.5. The van der Waals surface area contributed by atoms with Crippen molar-refractivity contribution in [1.29, 1.82) is 0 Å². The first-order valence-electron chi connectivity index (χ1n) is 7.60. The van der Waals surface area contributed by atoms with Crippen molar-refractivity contribution in [1.82, 2.24) is 4.98 Å². The molecule has 0 saturated carbocycles. The highest BCUT2D eigenvalue weighted by Gasteiger charge is 2.15. The molecule has 0 unspecified atom stereocenters. The van der Waals surface area contributed by atoms with Crippen molar-refractivity contribution in [3.8, 4) is 5.75 Å². The number of hydrogen-bond donors (Lipinski definition) is 1. The van der Waals surface area contributed by atoms with Crippen LogP contribution in [0.5, 0.6) is 5.75 Å². The monoisotopic (exact) mass is 345 g/mol. The van der Waals surface area contributed by atoms with Gasteiger partial charge in [0.1, 0.15) is 5.75 Å². The molecule has 24 heavy (non-hydrogen) atoms. The van der Waals surface area contributed by atoms with E-state index in [1.165, 1.54) is 0 Å². The summed E-state index contributed by atoms with van der Waals surface area (Å²) in [6.07, 6.45) is 2.36. The van der Waals surface area contributed by atoms with Gasteiger partial charge in [0.15, 0.2) is 0 Å². The molecule has 0 bridgehead atoms. The molecule has 0 aliphatic rings. The van der Waals surface area contributed by atoms with E-state index >= 15 is 0 Å². The van der Waals surface area contributed by atoms with E-state index in [2.05, 4.69) is 4.98 Å². The van der Waals surface area contributed by atoms with Gasteiger partial charge in [-0.05, 0) is 43.2 Å². The highest BCUT2D eigenvalue weighted by atomic mass is 32.2. The van der Waals surface area contributed by atoms with Crippen LogP contribution >= 0.6 is 0 Å². The third-order valence-electron chi connectivity index (χ3n) is 3.89. The minimum absolute atomic E-state index is 0.0925. The van der Waals surface area contributed by atoms with Gasteiger partial charge in [0, 0.05) is 23.2 Å². The van der Waals surface area contributed by atoms with Gasteiger partial charge >= 0.3 is 0 Å². The summed E-state index contributed by atoms with van der Waals surface area (Å²) >= 11 is 0. The van der Waals surface area contributed by atoms with Crippen LogP contribution in [0, 0.1) is 6.92 Å². The lowest BCUT2D eigenvalue weighted by Gasteiger charge is -2.06. The van der Waals surface area contributed by atoms with Crippen LogP contribution in [-0.2, 0) is 20.7 Å². The number of methoxy groups -OCH3 is 1. The molecule has 0 amide bonds. The third kappa shape index (κ3) is 3.44. The predicted octanol–water partition coefficient (Wildman–Crippen LogP) is 3.43. The lowest BCUT2D eigenvalue weighted by Crippen LogP contribution is -2.09. The lowest BCUT2D eigenvalue weighted by molar-refractivity contribution is 0.322. The number of benzene rings is 2. The molecular weight excluding hydrogens is 326 g/mol. The summed E-state index contributed by atoms with van der Waals surface area (Å²) in [5.41, 5.74) is 2.96. The van der Waals surface area contributed by atoms with Gasteiger partial charge < -0.3 is 9.72 Å². The van der Waals surface area contributed by atoms with Crippen molar-refractivity contribution in [2.24, 2.45) is 0 Å². The van der Waals surface area contributed by atoms with Crippen molar-refractivity contribution in [3.05, 3.63) is 59.8 Å². The summed E-state index contributed by atoms with van der Waals surface area (Å²) in [5.74, 6) is 0.772. The number of hydrogen-bond acceptors (Lipinski definition) is 4. The molecule has 6 heteroatoms. The Hall–Kier alpha value is -2.31. The van der Waals surface area contributed by atoms with Gasteiger partial charge in [0.05, 0.1) is 18.6 Å². The molecule has 1 heterocycles. The van der Waals surface area contributed by atoms with Crippen molar-refractivity contribution in [3.63, 3.8) is 0 Å². The Morgan fingerprint density at radius 3 is 2.54 bits per heavy atom. The normalized spacial score (nSPS) is 11.8.